The van der Waals surface area contributed by atoms with E-state index in [1.807, 2.05) is 0 Å². The lowest BCUT2D eigenvalue weighted by Crippen LogP contribution is -2.29. The molecule has 1 aliphatic heterocycles. The van der Waals surface area contributed by atoms with Gasteiger partial charge in [-0.15, -0.1) is 11.6 Å². The topological polar surface area (TPSA) is 3.24 Å². The lowest BCUT2D eigenvalue weighted by atomic mass is 9.90. The number of hydrogen-bond donors (Lipinski definition) is 0. The van der Waals surface area contributed by atoms with E-state index in [2.05, 4.69) is 53.5 Å². The Morgan fingerprint density at radius 2 is 1.85 bits per heavy atom. The second-order valence-corrected chi connectivity index (χ2v) is 6.65. The number of nitrogens with zero attached hydrogens (tertiary/aromatic N) is 1. The fraction of sp³-hybridized carbons (Fsp3) is 0.444. The first kappa shape index (κ1) is 13.9. The number of hydrogen-bond acceptors (Lipinski definition) is 1. The predicted octanol–water partition coefficient (Wildman–Crippen LogP) is 4.49. The summed E-state index contributed by atoms with van der Waals surface area (Å²) in [5, 5.41) is 0. The second-order valence-electron chi connectivity index (χ2n) is 5.90. The molecule has 2 heteroatoms. The van der Waals surface area contributed by atoms with E-state index in [0.717, 1.165) is 19.4 Å². The van der Waals surface area contributed by atoms with Crippen LogP contribution in [0.5, 0.6) is 0 Å². The minimum Gasteiger partial charge on any atom is -0.303 e. The zero-order valence-electron chi connectivity index (χ0n) is 11.9. The lowest BCUT2D eigenvalue weighted by molar-refractivity contribution is 0.321. The molecule has 0 saturated carbocycles. The molecule has 0 N–H and O–H groups in total. The molecule has 1 saturated heterocycles. The molecule has 1 nitrogen and oxygen atoms in total. The number of benzene rings is 1. The van der Waals surface area contributed by atoms with Gasteiger partial charge in [0.1, 0.15) is 0 Å². The van der Waals surface area contributed by atoms with Crippen molar-refractivity contribution in [3.63, 3.8) is 0 Å². The molecule has 1 atom stereocenters. The van der Waals surface area contributed by atoms with Crippen molar-refractivity contribution in [1.82, 2.24) is 4.90 Å². The predicted molar refractivity (Wildman–Crippen MR) is 87.1 cm³/mol. The van der Waals surface area contributed by atoms with E-state index < -0.39 is 0 Å². The summed E-state index contributed by atoms with van der Waals surface area (Å²) in [5.74, 6) is 0. The third-order valence-electron chi connectivity index (χ3n) is 4.37. The zero-order valence-corrected chi connectivity index (χ0v) is 12.6. The minimum absolute atomic E-state index is 0.180. The Kier molecular flexibility index (Phi) is 4.28. The summed E-state index contributed by atoms with van der Waals surface area (Å²) >= 11 is 6.75. The fourth-order valence-corrected chi connectivity index (χ4v) is 3.26. The van der Waals surface area contributed by atoms with Crippen LogP contribution >= 0.6 is 11.6 Å². The first-order chi connectivity index (χ1) is 9.75. The van der Waals surface area contributed by atoms with Gasteiger partial charge in [-0.25, -0.2) is 0 Å². The van der Waals surface area contributed by atoms with Crippen LogP contribution < -0.4 is 0 Å². The van der Waals surface area contributed by atoms with E-state index in [9.17, 15) is 0 Å². The van der Waals surface area contributed by atoms with Gasteiger partial charge >= 0.3 is 0 Å². The Morgan fingerprint density at radius 1 is 1.10 bits per heavy atom. The summed E-state index contributed by atoms with van der Waals surface area (Å²) in [4.78, 5) is 2.36. The van der Waals surface area contributed by atoms with Crippen LogP contribution in [0.15, 0.2) is 48.6 Å². The molecule has 20 heavy (non-hydrogen) atoms. The lowest BCUT2D eigenvalue weighted by Gasteiger charge is -2.28. The number of halogens is 1. The standard InChI is InChI=1S/C18H22ClN/c19-18(12-15-20-13-4-5-14-20)10-8-17(9-11-18)16-6-2-1-3-7-16/h1-3,6-10H,4-5,11-15H2. The van der Waals surface area contributed by atoms with E-state index in [4.69, 9.17) is 11.6 Å². The Morgan fingerprint density at radius 3 is 2.50 bits per heavy atom. The third-order valence-corrected chi connectivity index (χ3v) is 4.84. The zero-order chi connectivity index (χ0) is 13.8. The number of alkyl halides is 1. The Bertz CT molecular complexity index is 499. The molecule has 1 aromatic carbocycles. The van der Waals surface area contributed by atoms with Crippen LogP contribution in [0.4, 0.5) is 0 Å². The third kappa shape index (κ3) is 3.34. The highest BCUT2D eigenvalue weighted by Crippen LogP contribution is 2.34. The van der Waals surface area contributed by atoms with Crippen LogP contribution in [0.3, 0.4) is 0 Å². The molecule has 0 aromatic heterocycles. The molecular weight excluding hydrogens is 266 g/mol. The number of rotatable bonds is 4. The van der Waals surface area contributed by atoms with Gasteiger partial charge in [0.25, 0.3) is 0 Å². The van der Waals surface area contributed by atoms with Crippen molar-refractivity contribution < 1.29 is 0 Å². The Labute approximate surface area is 126 Å². The molecule has 0 amide bonds. The number of allylic oxidation sites excluding steroid dienone is 4. The number of likely N-dealkylation sites (tertiary alicyclic amines) is 1. The maximum absolute atomic E-state index is 6.75. The Balaban J connectivity index is 1.59. The highest BCUT2D eigenvalue weighted by atomic mass is 35.5. The van der Waals surface area contributed by atoms with Crippen LogP contribution in [-0.2, 0) is 0 Å². The fourth-order valence-electron chi connectivity index (χ4n) is 3.04. The van der Waals surface area contributed by atoms with Crippen LogP contribution in [0, 0.1) is 0 Å². The van der Waals surface area contributed by atoms with Crippen molar-refractivity contribution in [3.05, 3.63) is 54.1 Å². The molecule has 3 rings (SSSR count). The average molecular weight is 288 g/mol. The largest absolute Gasteiger partial charge is 0.303 e. The van der Waals surface area contributed by atoms with Crippen LogP contribution in [-0.4, -0.2) is 29.4 Å². The van der Waals surface area contributed by atoms with Gasteiger partial charge in [0.15, 0.2) is 0 Å². The SMILES string of the molecule is ClC1(CCN2CCCC2)C=CC(c2ccccc2)=CC1. The first-order valence-corrected chi connectivity index (χ1v) is 7.99. The first-order valence-electron chi connectivity index (χ1n) is 7.61. The highest BCUT2D eigenvalue weighted by Gasteiger charge is 2.26. The van der Waals surface area contributed by atoms with E-state index in [1.165, 1.54) is 37.1 Å². The van der Waals surface area contributed by atoms with Gasteiger partial charge in [-0.3, -0.25) is 0 Å². The van der Waals surface area contributed by atoms with Crippen molar-refractivity contribution in [2.75, 3.05) is 19.6 Å². The van der Waals surface area contributed by atoms with Crippen molar-refractivity contribution in [2.24, 2.45) is 0 Å². The molecule has 0 radical (unpaired) electrons. The smallest absolute Gasteiger partial charge is 0.0676 e. The molecule has 2 aliphatic rings. The van der Waals surface area contributed by atoms with Crippen molar-refractivity contribution in [3.8, 4) is 0 Å². The van der Waals surface area contributed by atoms with Crippen molar-refractivity contribution in [1.29, 1.82) is 0 Å². The molecule has 1 unspecified atom stereocenters. The second kappa shape index (κ2) is 6.15. The van der Waals surface area contributed by atoms with Crippen LogP contribution in [0.25, 0.3) is 5.57 Å². The summed E-state index contributed by atoms with van der Waals surface area (Å²) in [6.45, 7) is 3.63. The van der Waals surface area contributed by atoms with Gasteiger partial charge in [-0.05, 0) is 49.9 Å². The average Bonchev–Trinajstić information content (AvgIpc) is 3.01. The molecule has 1 aromatic rings. The molecule has 1 heterocycles. The minimum atomic E-state index is -0.180. The van der Waals surface area contributed by atoms with E-state index in [1.54, 1.807) is 0 Å². The van der Waals surface area contributed by atoms with Crippen molar-refractivity contribution >= 4 is 17.2 Å². The van der Waals surface area contributed by atoms with E-state index in [-0.39, 0.29) is 4.87 Å². The molecular formula is C18H22ClN. The monoisotopic (exact) mass is 287 g/mol. The quantitative estimate of drug-likeness (QED) is 0.737. The molecule has 1 fully saturated rings. The summed E-state index contributed by atoms with van der Waals surface area (Å²) in [6.07, 6.45) is 11.4. The normalized spacial score (nSPS) is 26.8. The summed E-state index contributed by atoms with van der Waals surface area (Å²) in [7, 11) is 0. The molecule has 0 spiro atoms. The van der Waals surface area contributed by atoms with E-state index in [0.29, 0.717) is 0 Å². The Hall–Kier alpha value is -1.05. The van der Waals surface area contributed by atoms with Gasteiger partial charge in [0, 0.05) is 6.54 Å². The maximum Gasteiger partial charge on any atom is 0.0676 e. The van der Waals surface area contributed by atoms with Gasteiger partial charge in [0.05, 0.1) is 4.87 Å². The van der Waals surface area contributed by atoms with E-state index >= 15 is 0 Å². The van der Waals surface area contributed by atoms with Gasteiger partial charge in [0.2, 0.25) is 0 Å². The maximum atomic E-state index is 6.75. The van der Waals surface area contributed by atoms with Crippen LogP contribution in [0.1, 0.15) is 31.2 Å². The molecule has 106 valence electrons. The summed E-state index contributed by atoms with van der Waals surface area (Å²) in [5.41, 5.74) is 2.57. The van der Waals surface area contributed by atoms with Gasteiger partial charge < -0.3 is 4.90 Å². The van der Waals surface area contributed by atoms with Gasteiger partial charge in [-0.2, -0.15) is 0 Å². The van der Waals surface area contributed by atoms with Crippen LogP contribution in [0.2, 0.25) is 0 Å². The van der Waals surface area contributed by atoms with Crippen molar-refractivity contribution in [2.45, 2.75) is 30.6 Å². The summed E-state index contributed by atoms with van der Waals surface area (Å²) < 4.78 is 0. The highest BCUT2D eigenvalue weighted by molar-refractivity contribution is 6.25. The van der Waals surface area contributed by atoms with Gasteiger partial charge in [-0.1, -0.05) is 48.6 Å². The molecule has 0 bridgehead atoms. The summed E-state index contributed by atoms with van der Waals surface area (Å²) in [6, 6.07) is 10.5. The molecule has 1 aliphatic carbocycles.